The van der Waals surface area contributed by atoms with Gasteiger partial charge in [-0.15, -0.1) is 4.74 Å². The summed E-state index contributed by atoms with van der Waals surface area (Å²) in [6.45, 7) is 5.58. The van der Waals surface area contributed by atoms with E-state index in [0.717, 1.165) is 44.5 Å². The fourth-order valence-electron chi connectivity index (χ4n) is 2.61. The molecule has 1 aliphatic rings. The minimum Gasteiger partial charge on any atom is -0.327 e. The summed E-state index contributed by atoms with van der Waals surface area (Å²) in [6.07, 6.45) is 5.22. The first-order valence-corrected chi connectivity index (χ1v) is 7.22. The van der Waals surface area contributed by atoms with Gasteiger partial charge in [-0.05, 0) is 25.7 Å². The van der Waals surface area contributed by atoms with Crippen LogP contribution in [0.2, 0.25) is 0 Å². The fourth-order valence-corrected chi connectivity index (χ4v) is 2.61. The lowest BCUT2D eigenvalue weighted by atomic mass is 10.1. The van der Waals surface area contributed by atoms with Gasteiger partial charge in [-0.1, -0.05) is 26.7 Å². The van der Waals surface area contributed by atoms with Crippen molar-refractivity contribution >= 4 is 6.03 Å². The fraction of sp³-hybridized carbons (Fsp3) is 0.714. The maximum absolute atomic E-state index is 12.4. The Labute approximate surface area is 113 Å². The normalized spacial score (nSPS) is 15.2. The van der Waals surface area contributed by atoms with Gasteiger partial charge in [-0.2, -0.15) is 0 Å². The number of hydrogen-bond donors (Lipinski definition) is 0. The maximum Gasteiger partial charge on any atom is 0.361 e. The third kappa shape index (κ3) is 2.74. The molecular formula is C14H22N2O3. The van der Waals surface area contributed by atoms with Crippen LogP contribution < -0.4 is 5.63 Å². The topological polar surface area (TPSA) is 55.5 Å². The lowest BCUT2D eigenvalue weighted by molar-refractivity contribution is 0.173. The van der Waals surface area contributed by atoms with E-state index in [1.807, 2.05) is 13.8 Å². The van der Waals surface area contributed by atoms with Crippen molar-refractivity contribution in [2.45, 2.75) is 52.4 Å². The summed E-state index contributed by atoms with van der Waals surface area (Å²) in [6, 6.07) is -0.180. The minimum atomic E-state index is -0.349. The molecule has 0 saturated carbocycles. The predicted molar refractivity (Wildman–Crippen MR) is 72.6 cm³/mol. The van der Waals surface area contributed by atoms with Gasteiger partial charge in [-0.25, -0.2) is 9.59 Å². The van der Waals surface area contributed by atoms with Crippen molar-refractivity contribution in [3.63, 3.8) is 0 Å². The SMILES string of the molecule is CCCc1c(CCC)n(C(=O)N2CCCC2)oc1=O. The summed E-state index contributed by atoms with van der Waals surface area (Å²) in [5, 5.41) is 0. The van der Waals surface area contributed by atoms with Crippen LogP contribution in [-0.4, -0.2) is 28.8 Å². The molecule has 0 N–H and O–H groups in total. The van der Waals surface area contributed by atoms with Crippen LogP contribution in [0.25, 0.3) is 0 Å². The van der Waals surface area contributed by atoms with E-state index in [2.05, 4.69) is 0 Å². The molecule has 0 aliphatic carbocycles. The highest BCUT2D eigenvalue weighted by molar-refractivity contribution is 5.76. The van der Waals surface area contributed by atoms with Crippen molar-refractivity contribution in [1.29, 1.82) is 0 Å². The first-order valence-electron chi connectivity index (χ1n) is 7.22. The van der Waals surface area contributed by atoms with Crippen LogP contribution in [-0.2, 0) is 12.8 Å². The molecule has 0 unspecified atom stereocenters. The van der Waals surface area contributed by atoms with E-state index in [4.69, 9.17) is 4.52 Å². The zero-order chi connectivity index (χ0) is 13.8. The molecule has 2 heterocycles. The van der Waals surface area contributed by atoms with Crippen LogP contribution in [0.3, 0.4) is 0 Å². The Balaban J connectivity index is 2.35. The molecule has 2 rings (SSSR count). The van der Waals surface area contributed by atoms with E-state index in [1.165, 1.54) is 4.74 Å². The predicted octanol–water partition coefficient (Wildman–Crippen LogP) is 2.41. The van der Waals surface area contributed by atoms with E-state index in [-0.39, 0.29) is 11.7 Å². The van der Waals surface area contributed by atoms with Crippen LogP contribution >= 0.6 is 0 Å². The van der Waals surface area contributed by atoms with Gasteiger partial charge in [0.15, 0.2) is 0 Å². The van der Waals surface area contributed by atoms with Crippen molar-refractivity contribution in [3.05, 3.63) is 21.7 Å². The highest BCUT2D eigenvalue weighted by Crippen LogP contribution is 2.15. The first-order chi connectivity index (χ1) is 9.19. The molecule has 0 spiro atoms. The van der Waals surface area contributed by atoms with E-state index in [0.29, 0.717) is 18.4 Å². The Morgan fingerprint density at radius 1 is 1.16 bits per heavy atom. The Kier molecular flexibility index (Phi) is 4.45. The number of hydrogen-bond acceptors (Lipinski definition) is 3. The molecule has 1 amide bonds. The number of nitrogens with zero attached hydrogens (tertiary/aromatic N) is 2. The highest BCUT2D eigenvalue weighted by atomic mass is 16.5. The molecule has 5 heteroatoms. The molecule has 0 atom stereocenters. The van der Waals surface area contributed by atoms with Crippen molar-refractivity contribution in [3.8, 4) is 0 Å². The molecule has 0 aromatic carbocycles. The molecule has 1 aromatic heterocycles. The number of rotatable bonds is 4. The van der Waals surface area contributed by atoms with E-state index in [1.54, 1.807) is 4.90 Å². The first kappa shape index (κ1) is 13.9. The smallest absolute Gasteiger partial charge is 0.327 e. The van der Waals surface area contributed by atoms with Crippen molar-refractivity contribution in [2.24, 2.45) is 0 Å². The van der Waals surface area contributed by atoms with Crippen LogP contribution in [0, 0.1) is 0 Å². The van der Waals surface area contributed by atoms with Gasteiger partial charge in [0, 0.05) is 13.1 Å². The third-order valence-electron chi connectivity index (χ3n) is 3.55. The molecule has 1 aliphatic heterocycles. The zero-order valence-electron chi connectivity index (χ0n) is 11.8. The summed E-state index contributed by atoms with van der Waals surface area (Å²) in [4.78, 5) is 26.0. The van der Waals surface area contributed by atoms with Gasteiger partial charge in [0.2, 0.25) is 0 Å². The molecule has 1 aromatic rings. The summed E-state index contributed by atoms with van der Waals surface area (Å²) < 4.78 is 6.43. The van der Waals surface area contributed by atoms with Gasteiger partial charge < -0.3 is 9.42 Å². The Hall–Kier alpha value is -1.52. The molecule has 19 heavy (non-hydrogen) atoms. The van der Waals surface area contributed by atoms with Crippen LogP contribution in [0.15, 0.2) is 9.32 Å². The zero-order valence-corrected chi connectivity index (χ0v) is 11.8. The largest absolute Gasteiger partial charge is 0.361 e. The summed E-state index contributed by atoms with van der Waals surface area (Å²) in [5.74, 6) is 0. The van der Waals surface area contributed by atoms with Crippen molar-refractivity contribution in [1.82, 2.24) is 9.64 Å². The van der Waals surface area contributed by atoms with Gasteiger partial charge in [0.05, 0.1) is 11.3 Å². The molecule has 106 valence electrons. The quantitative estimate of drug-likeness (QED) is 0.841. The Morgan fingerprint density at radius 3 is 2.37 bits per heavy atom. The second-order valence-electron chi connectivity index (χ2n) is 5.08. The van der Waals surface area contributed by atoms with Crippen molar-refractivity contribution < 1.29 is 9.32 Å². The molecule has 1 fully saturated rings. The van der Waals surface area contributed by atoms with Gasteiger partial charge >= 0.3 is 11.7 Å². The van der Waals surface area contributed by atoms with E-state index >= 15 is 0 Å². The second kappa shape index (κ2) is 6.08. The molecule has 0 radical (unpaired) electrons. The van der Waals surface area contributed by atoms with Crippen LogP contribution in [0.4, 0.5) is 4.79 Å². The van der Waals surface area contributed by atoms with E-state index < -0.39 is 0 Å². The second-order valence-corrected chi connectivity index (χ2v) is 5.08. The standard InChI is InChI=1S/C14H22N2O3/c1-3-7-11-12(8-4-2)16(19-13(11)17)14(18)15-9-5-6-10-15/h3-10H2,1-2H3. The average molecular weight is 266 g/mol. The number of aromatic nitrogens is 1. The minimum absolute atomic E-state index is 0.180. The Bertz CT molecular complexity index is 495. The lowest BCUT2D eigenvalue weighted by Gasteiger charge is -2.15. The van der Waals surface area contributed by atoms with Crippen LogP contribution in [0.1, 0.15) is 50.8 Å². The monoisotopic (exact) mass is 266 g/mol. The van der Waals surface area contributed by atoms with Gasteiger partial charge in [0.1, 0.15) is 0 Å². The average Bonchev–Trinajstić information content (AvgIpc) is 3.01. The third-order valence-corrected chi connectivity index (χ3v) is 3.55. The summed E-state index contributed by atoms with van der Waals surface area (Å²) in [7, 11) is 0. The summed E-state index contributed by atoms with van der Waals surface area (Å²) in [5.41, 5.74) is 1.10. The molecular weight excluding hydrogens is 244 g/mol. The number of amides is 1. The van der Waals surface area contributed by atoms with Gasteiger partial charge in [-0.3, -0.25) is 0 Å². The van der Waals surface area contributed by atoms with Crippen molar-refractivity contribution in [2.75, 3.05) is 13.1 Å². The maximum atomic E-state index is 12.4. The number of carbonyl (C=O) groups excluding carboxylic acids is 1. The highest BCUT2D eigenvalue weighted by Gasteiger charge is 2.26. The van der Waals surface area contributed by atoms with Gasteiger partial charge in [0.25, 0.3) is 0 Å². The molecule has 5 nitrogen and oxygen atoms in total. The summed E-state index contributed by atoms with van der Waals surface area (Å²) >= 11 is 0. The van der Waals surface area contributed by atoms with E-state index in [9.17, 15) is 9.59 Å². The number of carbonyl (C=O) groups is 1. The van der Waals surface area contributed by atoms with Crippen LogP contribution in [0.5, 0.6) is 0 Å². The molecule has 0 bridgehead atoms. The molecule has 1 saturated heterocycles. The number of likely N-dealkylation sites (tertiary alicyclic amines) is 1. The Morgan fingerprint density at radius 2 is 1.79 bits per heavy atom. The lowest BCUT2D eigenvalue weighted by Crippen LogP contribution is -2.32.